The third kappa shape index (κ3) is 3.55. The van der Waals surface area contributed by atoms with Gasteiger partial charge in [0.15, 0.2) is 0 Å². The molecule has 0 atom stereocenters. The SMILES string of the molecule is Cc1ccnc(-n2c3ccccc3c3cnc(Oc4cccc(N5Cn6ccnc6-c6ccccc65)c4)cc32)c1. The van der Waals surface area contributed by atoms with Crippen molar-refractivity contribution < 1.29 is 4.74 Å². The van der Waals surface area contributed by atoms with E-state index in [-0.39, 0.29) is 0 Å². The van der Waals surface area contributed by atoms with Crippen LogP contribution in [-0.2, 0) is 6.67 Å². The summed E-state index contributed by atoms with van der Waals surface area (Å²) in [7, 11) is 0. The highest BCUT2D eigenvalue weighted by atomic mass is 16.5. The van der Waals surface area contributed by atoms with Crippen molar-refractivity contribution in [1.29, 1.82) is 0 Å². The van der Waals surface area contributed by atoms with Crippen LogP contribution in [0.1, 0.15) is 5.56 Å². The first-order chi connectivity index (χ1) is 19.7. The monoisotopic (exact) mass is 520 g/mol. The van der Waals surface area contributed by atoms with Gasteiger partial charge in [0, 0.05) is 58.9 Å². The molecule has 1 aliphatic rings. The fourth-order valence-electron chi connectivity index (χ4n) is 5.64. The Balaban J connectivity index is 1.19. The minimum atomic E-state index is 0.525. The molecule has 192 valence electrons. The van der Waals surface area contributed by atoms with Gasteiger partial charge in [-0.1, -0.05) is 36.4 Å². The van der Waals surface area contributed by atoms with Gasteiger partial charge in [-0.15, -0.1) is 0 Å². The lowest BCUT2D eigenvalue weighted by Crippen LogP contribution is -2.25. The first-order valence-electron chi connectivity index (χ1n) is 13.2. The average Bonchev–Trinajstić information content (AvgIpc) is 3.59. The van der Waals surface area contributed by atoms with Crippen LogP contribution < -0.4 is 9.64 Å². The van der Waals surface area contributed by atoms with Gasteiger partial charge in [0.1, 0.15) is 24.1 Å². The summed E-state index contributed by atoms with van der Waals surface area (Å²) in [6, 6.07) is 30.9. The van der Waals surface area contributed by atoms with E-state index in [0.29, 0.717) is 12.5 Å². The van der Waals surface area contributed by atoms with Crippen LogP contribution in [-0.4, -0.2) is 24.1 Å². The Morgan fingerprint density at radius 1 is 0.750 bits per heavy atom. The Morgan fingerprint density at radius 2 is 1.65 bits per heavy atom. The molecule has 0 fully saturated rings. The molecule has 3 aromatic carbocycles. The molecule has 4 aromatic heterocycles. The van der Waals surface area contributed by atoms with E-state index in [2.05, 4.69) is 91.6 Å². The molecule has 0 saturated carbocycles. The van der Waals surface area contributed by atoms with Gasteiger partial charge in [-0.25, -0.2) is 15.0 Å². The second kappa shape index (κ2) is 8.81. The average molecular weight is 521 g/mol. The van der Waals surface area contributed by atoms with Crippen molar-refractivity contribution >= 4 is 33.2 Å². The fourth-order valence-corrected chi connectivity index (χ4v) is 5.64. The number of hydrogen-bond donors (Lipinski definition) is 0. The zero-order valence-corrected chi connectivity index (χ0v) is 21.8. The van der Waals surface area contributed by atoms with E-state index in [1.165, 1.54) is 0 Å². The van der Waals surface area contributed by atoms with E-state index in [0.717, 1.165) is 61.7 Å². The van der Waals surface area contributed by atoms with Crippen LogP contribution >= 0.6 is 0 Å². The maximum Gasteiger partial charge on any atom is 0.221 e. The van der Waals surface area contributed by atoms with E-state index < -0.39 is 0 Å². The number of rotatable bonds is 4. The topological polar surface area (TPSA) is 61.0 Å². The Morgan fingerprint density at radius 3 is 2.60 bits per heavy atom. The number of imidazole rings is 1. The van der Waals surface area contributed by atoms with Gasteiger partial charge in [0.05, 0.1) is 16.7 Å². The van der Waals surface area contributed by atoms with E-state index >= 15 is 0 Å². The molecule has 0 saturated heterocycles. The number of fused-ring (bicyclic) bond motifs is 6. The van der Waals surface area contributed by atoms with Gasteiger partial charge < -0.3 is 14.2 Å². The van der Waals surface area contributed by atoms with Gasteiger partial charge in [-0.2, -0.15) is 0 Å². The van der Waals surface area contributed by atoms with Crippen molar-refractivity contribution in [2.24, 2.45) is 0 Å². The minimum absolute atomic E-state index is 0.525. The summed E-state index contributed by atoms with van der Waals surface area (Å²) in [5.74, 6) is 3.09. The summed E-state index contributed by atoms with van der Waals surface area (Å²) in [5, 5.41) is 2.19. The Hall–Kier alpha value is -5.43. The zero-order valence-electron chi connectivity index (χ0n) is 21.8. The van der Waals surface area contributed by atoms with Crippen LogP contribution in [0.5, 0.6) is 11.6 Å². The third-order valence-electron chi connectivity index (χ3n) is 7.46. The largest absolute Gasteiger partial charge is 0.439 e. The first-order valence-corrected chi connectivity index (χ1v) is 13.2. The van der Waals surface area contributed by atoms with Crippen molar-refractivity contribution in [1.82, 2.24) is 24.1 Å². The van der Waals surface area contributed by atoms with Crippen molar-refractivity contribution in [2.45, 2.75) is 13.6 Å². The molecular weight excluding hydrogens is 496 g/mol. The predicted octanol–water partition coefficient (Wildman–Crippen LogP) is 7.65. The molecule has 7 heteroatoms. The predicted molar refractivity (Wildman–Crippen MR) is 157 cm³/mol. The molecule has 0 N–H and O–H groups in total. The summed E-state index contributed by atoms with van der Waals surface area (Å²) in [6.45, 7) is 2.75. The van der Waals surface area contributed by atoms with Crippen molar-refractivity contribution in [3.8, 4) is 28.8 Å². The summed E-state index contributed by atoms with van der Waals surface area (Å²) in [5.41, 5.74) is 6.49. The molecule has 1 aliphatic heterocycles. The molecule has 0 spiro atoms. The van der Waals surface area contributed by atoms with Crippen molar-refractivity contribution in [3.63, 3.8) is 0 Å². The van der Waals surface area contributed by atoms with E-state index in [1.807, 2.05) is 55.1 Å². The molecule has 7 aromatic rings. The summed E-state index contributed by atoms with van der Waals surface area (Å²) in [4.78, 5) is 16.2. The maximum atomic E-state index is 6.38. The van der Waals surface area contributed by atoms with Crippen molar-refractivity contribution in [3.05, 3.63) is 121 Å². The summed E-state index contributed by atoms with van der Waals surface area (Å²) < 4.78 is 10.7. The Kier molecular flexibility index (Phi) is 4.97. The summed E-state index contributed by atoms with van der Waals surface area (Å²) in [6.07, 6.45) is 7.61. The van der Waals surface area contributed by atoms with Gasteiger partial charge in [-0.05, 0) is 55.0 Å². The van der Waals surface area contributed by atoms with E-state index in [1.54, 1.807) is 0 Å². The fraction of sp³-hybridized carbons (Fsp3) is 0.0606. The highest BCUT2D eigenvalue weighted by molar-refractivity contribution is 6.09. The number of benzene rings is 3. The lowest BCUT2D eigenvalue weighted by atomic mass is 10.1. The van der Waals surface area contributed by atoms with Gasteiger partial charge in [-0.3, -0.25) is 4.57 Å². The van der Waals surface area contributed by atoms with Gasteiger partial charge in [0.2, 0.25) is 5.88 Å². The Labute approximate surface area is 230 Å². The number of para-hydroxylation sites is 2. The van der Waals surface area contributed by atoms with Crippen LogP contribution in [0, 0.1) is 6.92 Å². The molecule has 40 heavy (non-hydrogen) atoms. The van der Waals surface area contributed by atoms with Crippen LogP contribution in [0.25, 0.3) is 39.0 Å². The number of pyridine rings is 2. The number of nitrogens with zero attached hydrogens (tertiary/aromatic N) is 6. The highest BCUT2D eigenvalue weighted by Crippen LogP contribution is 2.40. The van der Waals surface area contributed by atoms with Crippen LogP contribution in [0.4, 0.5) is 11.4 Å². The second-order valence-corrected chi connectivity index (χ2v) is 9.99. The molecule has 0 bridgehead atoms. The standard InChI is InChI=1S/C33H24N6O/c1-22-13-14-34-31(17-22)39-29-12-5-2-9-25(29)27-20-36-32(19-30(27)39)40-24-8-6-7-23(18-24)38-21-37-16-15-35-33(37)26-10-3-4-11-28(26)38/h2-20H,21H2,1H3. The number of ether oxygens (including phenoxy) is 1. The second-order valence-electron chi connectivity index (χ2n) is 9.99. The molecule has 0 radical (unpaired) electrons. The molecule has 0 unspecified atom stereocenters. The zero-order chi connectivity index (χ0) is 26.6. The van der Waals surface area contributed by atoms with Crippen LogP contribution in [0.15, 0.2) is 116 Å². The molecule has 7 nitrogen and oxygen atoms in total. The highest BCUT2D eigenvalue weighted by Gasteiger charge is 2.23. The summed E-state index contributed by atoms with van der Waals surface area (Å²) >= 11 is 0. The number of hydrogen-bond acceptors (Lipinski definition) is 5. The normalized spacial score (nSPS) is 12.5. The third-order valence-corrected chi connectivity index (χ3v) is 7.46. The van der Waals surface area contributed by atoms with Crippen molar-refractivity contribution in [2.75, 3.05) is 4.90 Å². The number of aromatic nitrogens is 5. The van der Waals surface area contributed by atoms with E-state index in [4.69, 9.17) is 9.72 Å². The smallest absolute Gasteiger partial charge is 0.221 e. The quantitative estimate of drug-likeness (QED) is 0.239. The van der Waals surface area contributed by atoms with Crippen LogP contribution in [0.2, 0.25) is 0 Å². The maximum absolute atomic E-state index is 6.38. The first kappa shape index (κ1) is 22.5. The van der Waals surface area contributed by atoms with E-state index in [9.17, 15) is 0 Å². The lowest BCUT2D eigenvalue weighted by molar-refractivity contribution is 0.464. The van der Waals surface area contributed by atoms with Gasteiger partial charge >= 0.3 is 0 Å². The van der Waals surface area contributed by atoms with Gasteiger partial charge in [0.25, 0.3) is 0 Å². The molecule has 8 rings (SSSR count). The lowest BCUT2D eigenvalue weighted by Gasteiger charge is -2.32. The van der Waals surface area contributed by atoms with Crippen LogP contribution in [0.3, 0.4) is 0 Å². The molecule has 5 heterocycles. The minimum Gasteiger partial charge on any atom is -0.439 e. The molecule has 0 amide bonds. The molecule has 0 aliphatic carbocycles. The molecular formula is C33H24N6O. The number of anilines is 2. The Bertz CT molecular complexity index is 2060. The number of aryl methyl sites for hydroxylation is 1.